The Kier molecular flexibility index (Phi) is 7.04. The van der Waals surface area contributed by atoms with Crippen molar-refractivity contribution in [1.82, 2.24) is 29.8 Å². The van der Waals surface area contributed by atoms with Crippen LogP contribution < -0.4 is 11.1 Å². The first-order valence-corrected chi connectivity index (χ1v) is 12.7. The highest BCUT2D eigenvalue weighted by Gasteiger charge is 2.46. The van der Waals surface area contributed by atoms with Gasteiger partial charge in [0.2, 0.25) is 11.8 Å². The van der Waals surface area contributed by atoms with Crippen molar-refractivity contribution in [3.8, 4) is 11.3 Å². The third-order valence-corrected chi connectivity index (χ3v) is 7.58. The number of fused-ring (bicyclic) bond motifs is 1. The number of nitrogens with zero attached hydrogens (tertiary/aromatic N) is 5. The summed E-state index contributed by atoms with van der Waals surface area (Å²) in [5, 5.41) is 6.20. The number of rotatable bonds is 4. The number of alkyl halides is 8. The van der Waals surface area contributed by atoms with Crippen LogP contribution in [0, 0.1) is 11.8 Å². The van der Waals surface area contributed by atoms with E-state index in [0.29, 0.717) is 12.3 Å². The molecule has 3 N–H and O–H groups in total. The number of nitrogens with one attached hydrogen (secondary N) is 1. The first kappa shape index (κ1) is 29.4. The van der Waals surface area contributed by atoms with Crippen molar-refractivity contribution in [3.05, 3.63) is 41.5 Å². The fourth-order valence-corrected chi connectivity index (χ4v) is 5.49. The van der Waals surface area contributed by atoms with Crippen molar-refractivity contribution in [1.29, 1.82) is 0 Å². The van der Waals surface area contributed by atoms with E-state index in [-0.39, 0.29) is 30.8 Å². The Bertz CT molecular complexity index is 1550. The van der Waals surface area contributed by atoms with Gasteiger partial charge < -0.3 is 16.0 Å². The molecule has 0 bridgehead atoms. The zero-order chi connectivity index (χ0) is 30.8. The zero-order valence-corrected chi connectivity index (χ0v) is 21.7. The van der Waals surface area contributed by atoms with E-state index >= 15 is 0 Å². The maximum Gasteiger partial charge on any atom is 0.434 e. The van der Waals surface area contributed by atoms with E-state index < -0.39 is 89.0 Å². The Morgan fingerprint density at radius 3 is 2.40 bits per heavy atom. The molecule has 4 heterocycles. The molecule has 9 nitrogen and oxygen atoms in total. The summed E-state index contributed by atoms with van der Waals surface area (Å²) in [5.41, 5.74) is 0.557. The van der Waals surface area contributed by atoms with Crippen molar-refractivity contribution >= 4 is 23.1 Å². The molecule has 0 spiro atoms. The first-order chi connectivity index (χ1) is 19.5. The first-order valence-electron chi connectivity index (χ1n) is 12.7. The molecular formula is C25H23F8N7O2. The molecule has 3 atom stereocenters. The summed E-state index contributed by atoms with van der Waals surface area (Å²) in [5.74, 6) is -6.56. The summed E-state index contributed by atoms with van der Waals surface area (Å²) in [6.07, 6.45) is -9.51. The monoisotopic (exact) mass is 605 g/mol. The number of aromatic nitrogens is 4. The van der Waals surface area contributed by atoms with Crippen LogP contribution in [0.4, 0.5) is 40.9 Å². The Labute approximate surface area is 232 Å². The van der Waals surface area contributed by atoms with E-state index in [2.05, 4.69) is 20.4 Å². The lowest BCUT2D eigenvalue weighted by molar-refractivity contribution is -0.141. The predicted molar refractivity (Wildman–Crippen MR) is 130 cm³/mol. The van der Waals surface area contributed by atoms with Crippen LogP contribution in [0.3, 0.4) is 0 Å². The summed E-state index contributed by atoms with van der Waals surface area (Å²) in [7, 11) is 0. The van der Waals surface area contributed by atoms with Gasteiger partial charge in [0.05, 0.1) is 22.9 Å². The minimum atomic E-state index is -5.10. The molecule has 2 amide bonds. The average molecular weight is 605 g/mol. The second kappa shape index (κ2) is 10.0. The molecule has 1 saturated heterocycles. The van der Waals surface area contributed by atoms with Crippen molar-refractivity contribution in [3.63, 3.8) is 0 Å². The molecule has 1 aliphatic heterocycles. The van der Waals surface area contributed by atoms with Gasteiger partial charge in [-0.2, -0.15) is 31.4 Å². The Morgan fingerprint density at radius 1 is 1.07 bits per heavy atom. The van der Waals surface area contributed by atoms with E-state index in [9.17, 15) is 44.7 Å². The van der Waals surface area contributed by atoms with Gasteiger partial charge in [-0.05, 0) is 24.5 Å². The lowest BCUT2D eigenvalue weighted by Gasteiger charge is -2.21. The minimum absolute atomic E-state index is 0.00217. The molecule has 2 aliphatic rings. The molecule has 17 heteroatoms. The van der Waals surface area contributed by atoms with Gasteiger partial charge >= 0.3 is 12.4 Å². The second-order valence-electron chi connectivity index (χ2n) is 10.6. The smallest absolute Gasteiger partial charge is 0.382 e. The molecule has 226 valence electrons. The van der Waals surface area contributed by atoms with Gasteiger partial charge in [0.15, 0.2) is 11.5 Å². The van der Waals surface area contributed by atoms with E-state index in [1.807, 2.05) is 0 Å². The second-order valence-corrected chi connectivity index (χ2v) is 10.6. The highest BCUT2D eigenvalue weighted by molar-refractivity contribution is 5.97. The standard InChI is InChI=1S/C25H23F8N7O2/c1-11-8-39(22(42)12-2-3-23(26,27)6-12)9-16(11)38-21(41)14-4-13(7-35-19(14)25(31,32)33)17-5-15(24(28,29)30)18-20(34)36-10-37-40(17)18/h4-5,7,10-12,16H,2-3,6,8-9H2,1H3,(H,38,41)(H2,34,36,37)/t11-,12?,16?/m0/s1. The average Bonchev–Trinajstić information content (AvgIpc) is 3.58. The Morgan fingerprint density at radius 2 is 1.79 bits per heavy atom. The van der Waals surface area contributed by atoms with Gasteiger partial charge in [-0.25, -0.2) is 18.3 Å². The number of carbonyl (C=O) groups is 2. The maximum atomic E-state index is 13.9. The van der Waals surface area contributed by atoms with Crippen LogP contribution in [0.1, 0.15) is 47.8 Å². The third kappa shape index (κ3) is 5.43. The molecule has 1 aliphatic carbocycles. The molecule has 2 unspecified atom stereocenters. The van der Waals surface area contributed by atoms with Gasteiger partial charge in [-0.1, -0.05) is 6.92 Å². The van der Waals surface area contributed by atoms with Crippen molar-refractivity contribution in [2.24, 2.45) is 11.8 Å². The van der Waals surface area contributed by atoms with E-state index in [0.717, 1.165) is 16.9 Å². The number of carbonyl (C=O) groups excluding carboxylic acids is 2. The Hall–Kier alpha value is -4.05. The van der Waals surface area contributed by atoms with Crippen LogP contribution in [-0.2, 0) is 17.1 Å². The SMILES string of the molecule is C[C@H]1CN(C(=O)C2CCC(F)(F)C2)CC1NC(=O)c1cc(-c2cc(C(F)(F)F)c3c(N)ncnn23)cnc1C(F)(F)F. The topological polar surface area (TPSA) is 119 Å². The van der Waals surface area contributed by atoms with Gasteiger partial charge in [0.1, 0.15) is 11.8 Å². The van der Waals surface area contributed by atoms with Crippen molar-refractivity contribution in [2.75, 3.05) is 18.8 Å². The molecule has 5 rings (SSSR count). The van der Waals surface area contributed by atoms with Gasteiger partial charge in [-0.3, -0.25) is 14.6 Å². The van der Waals surface area contributed by atoms with E-state index in [4.69, 9.17) is 5.73 Å². The van der Waals surface area contributed by atoms with Crippen LogP contribution in [0.15, 0.2) is 24.7 Å². The van der Waals surface area contributed by atoms with Crippen LogP contribution in [0.5, 0.6) is 0 Å². The lowest BCUT2D eigenvalue weighted by Crippen LogP contribution is -2.42. The lowest BCUT2D eigenvalue weighted by atomic mass is 10.0. The number of pyridine rings is 1. The molecule has 3 aromatic heterocycles. The molecular weight excluding hydrogens is 582 g/mol. The number of halogens is 8. The quantitative estimate of drug-likeness (QED) is 0.425. The number of nitrogen functional groups attached to an aromatic ring is 1. The summed E-state index contributed by atoms with van der Waals surface area (Å²) in [4.78, 5) is 34.2. The van der Waals surface area contributed by atoms with E-state index in [1.165, 1.54) is 4.90 Å². The molecule has 0 aromatic carbocycles. The van der Waals surface area contributed by atoms with Gasteiger partial charge in [0.25, 0.3) is 5.91 Å². The van der Waals surface area contributed by atoms with Crippen molar-refractivity contribution < 1.29 is 44.7 Å². The number of hydrogen-bond acceptors (Lipinski definition) is 6. The van der Waals surface area contributed by atoms with Crippen LogP contribution in [0.25, 0.3) is 16.8 Å². The maximum absolute atomic E-state index is 13.9. The van der Waals surface area contributed by atoms with Gasteiger partial charge in [0, 0.05) is 43.6 Å². The highest BCUT2D eigenvalue weighted by atomic mass is 19.4. The largest absolute Gasteiger partial charge is 0.434 e. The predicted octanol–water partition coefficient (Wildman–Crippen LogP) is 4.42. The van der Waals surface area contributed by atoms with Gasteiger partial charge in [-0.15, -0.1) is 0 Å². The van der Waals surface area contributed by atoms with Crippen LogP contribution in [0.2, 0.25) is 0 Å². The number of hydrogen-bond donors (Lipinski definition) is 2. The number of likely N-dealkylation sites (tertiary alicyclic amines) is 1. The fourth-order valence-electron chi connectivity index (χ4n) is 5.49. The van der Waals surface area contributed by atoms with Crippen LogP contribution >= 0.6 is 0 Å². The highest BCUT2D eigenvalue weighted by Crippen LogP contribution is 2.41. The van der Waals surface area contributed by atoms with Crippen molar-refractivity contribution in [2.45, 2.75) is 50.5 Å². The zero-order valence-electron chi connectivity index (χ0n) is 21.7. The summed E-state index contributed by atoms with van der Waals surface area (Å²) in [6, 6.07) is 0.530. The van der Waals surface area contributed by atoms with E-state index in [1.54, 1.807) is 6.92 Å². The third-order valence-electron chi connectivity index (χ3n) is 7.58. The molecule has 3 aromatic rings. The molecule has 2 fully saturated rings. The number of anilines is 1. The molecule has 42 heavy (non-hydrogen) atoms. The fraction of sp³-hybridized carbons (Fsp3) is 0.480. The summed E-state index contributed by atoms with van der Waals surface area (Å²) >= 11 is 0. The summed E-state index contributed by atoms with van der Waals surface area (Å²) < 4.78 is 111. The number of amides is 2. The molecule has 1 saturated carbocycles. The number of nitrogens with two attached hydrogens (primary N) is 1. The van der Waals surface area contributed by atoms with Crippen LogP contribution in [-0.4, -0.2) is 61.4 Å². The molecule has 0 radical (unpaired) electrons. The Balaban J connectivity index is 1.46. The summed E-state index contributed by atoms with van der Waals surface area (Å²) in [6.45, 7) is 1.61. The normalized spacial score (nSPS) is 22.6. The minimum Gasteiger partial charge on any atom is -0.382 e.